The zero-order chi connectivity index (χ0) is 23.3. The molecule has 1 saturated carbocycles. The zero-order valence-electron chi connectivity index (χ0n) is 20.1. The molecule has 1 N–H and O–H groups in total. The van der Waals surface area contributed by atoms with Crippen LogP contribution in [0.5, 0.6) is 0 Å². The molecule has 3 unspecified atom stereocenters. The van der Waals surface area contributed by atoms with E-state index in [2.05, 4.69) is 34.5 Å². The van der Waals surface area contributed by atoms with Crippen LogP contribution >= 0.6 is 0 Å². The van der Waals surface area contributed by atoms with Crippen molar-refractivity contribution in [2.75, 3.05) is 13.1 Å². The Hall–Kier alpha value is -2.66. The molecule has 3 atom stereocenters. The molecule has 2 heterocycles. The highest BCUT2D eigenvalue weighted by atomic mass is 16.2. The molecule has 180 valence electrons. The minimum absolute atomic E-state index is 0.000601. The summed E-state index contributed by atoms with van der Waals surface area (Å²) in [6.07, 6.45) is 9.12. The smallest absolute Gasteiger partial charge is 0.254 e. The number of nitrogens with zero attached hydrogens (tertiary/aromatic N) is 2. The van der Waals surface area contributed by atoms with Crippen molar-refractivity contribution in [3.63, 3.8) is 0 Å². The fourth-order valence-corrected chi connectivity index (χ4v) is 6.26. The minimum atomic E-state index is -0.380. The van der Waals surface area contributed by atoms with Crippen molar-refractivity contribution in [3.8, 4) is 0 Å². The molecule has 0 radical (unpaired) electrons. The van der Waals surface area contributed by atoms with E-state index in [9.17, 15) is 9.59 Å². The van der Waals surface area contributed by atoms with Crippen LogP contribution in [0.2, 0.25) is 0 Å². The van der Waals surface area contributed by atoms with Crippen LogP contribution in [0.1, 0.15) is 72.9 Å². The van der Waals surface area contributed by atoms with Gasteiger partial charge in [-0.1, -0.05) is 61.7 Å². The van der Waals surface area contributed by atoms with Crippen LogP contribution in [-0.2, 0) is 17.9 Å². The molecule has 0 bridgehead atoms. The lowest BCUT2D eigenvalue weighted by Crippen LogP contribution is -2.49. The van der Waals surface area contributed by atoms with E-state index in [4.69, 9.17) is 0 Å². The molecule has 0 spiro atoms. The summed E-state index contributed by atoms with van der Waals surface area (Å²) in [6, 6.07) is 17.7. The predicted molar refractivity (Wildman–Crippen MR) is 134 cm³/mol. The molecule has 2 aromatic carbocycles. The Bertz CT molecular complexity index is 986. The van der Waals surface area contributed by atoms with Gasteiger partial charge in [-0.15, -0.1) is 0 Å². The van der Waals surface area contributed by atoms with E-state index in [-0.39, 0.29) is 23.9 Å². The van der Waals surface area contributed by atoms with Gasteiger partial charge in [0.05, 0.1) is 0 Å². The van der Waals surface area contributed by atoms with Crippen LogP contribution < -0.4 is 5.32 Å². The number of hydrogen-bond donors (Lipinski definition) is 1. The van der Waals surface area contributed by atoms with Gasteiger partial charge in [-0.05, 0) is 74.4 Å². The van der Waals surface area contributed by atoms with E-state index >= 15 is 0 Å². The highest BCUT2D eigenvalue weighted by Crippen LogP contribution is 2.40. The predicted octanol–water partition coefficient (Wildman–Crippen LogP) is 4.76. The minimum Gasteiger partial charge on any atom is -0.350 e. The van der Waals surface area contributed by atoms with Crippen molar-refractivity contribution in [1.82, 2.24) is 15.1 Å². The lowest BCUT2D eigenvalue weighted by atomic mass is 9.84. The molecule has 5 rings (SSSR count). The summed E-state index contributed by atoms with van der Waals surface area (Å²) in [5, 5.41) is 3.21. The van der Waals surface area contributed by atoms with E-state index in [0.29, 0.717) is 18.0 Å². The Balaban J connectivity index is 1.29. The van der Waals surface area contributed by atoms with Gasteiger partial charge in [0.25, 0.3) is 5.91 Å². The molecule has 3 aliphatic rings. The second-order valence-electron chi connectivity index (χ2n) is 10.3. The Morgan fingerprint density at radius 2 is 1.53 bits per heavy atom. The van der Waals surface area contributed by atoms with Gasteiger partial charge < -0.3 is 10.2 Å². The normalized spacial score (nSPS) is 25.1. The summed E-state index contributed by atoms with van der Waals surface area (Å²) in [5.41, 5.74) is 3.15. The van der Waals surface area contributed by atoms with Gasteiger partial charge in [0.1, 0.15) is 6.04 Å². The summed E-state index contributed by atoms with van der Waals surface area (Å²) < 4.78 is 0. The van der Waals surface area contributed by atoms with Crippen molar-refractivity contribution in [3.05, 3.63) is 71.3 Å². The number of carbonyl (C=O) groups excluding carboxylic acids is 2. The molecule has 1 aliphatic carbocycles. The first-order valence-corrected chi connectivity index (χ1v) is 13.2. The maximum Gasteiger partial charge on any atom is 0.254 e. The number of piperidine rings is 1. The number of benzene rings is 2. The van der Waals surface area contributed by atoms with Crippen molar-refractivity contribution in [2.45, 2.75) is 76.5 Å². The molecule has 34 heavy (non-hydrogen) atoms. The van der Waals surface area contributed by atoms with Crippen molar-refractivity contribution in [2.24, 2.45) is 5.92 Å². The second kappa shape index (κ2) is 10.7. The topological polar surface area (TPSA) is 52.7 Å². The van der Waals surface area contributed by atoms with Crippen LogP contribution in [0.15, 0.2) is 54.6 Å². The molecule has 2 amide bonds. The van der Waals surface area contributed by atoms with E-state index in [1.54, 1.807) is 0 Å². The summed E-state index contributed by atoms with van der Waals surface area (Å²) in [6.45, 7) is 3.77. The van der Waals surface area contributed by atoms with Gasteiger partial charge in [0, 0.05) is 24.7 Å². The van der Waals surface area contributed by atoms with Crippen LogP contribution in [0, 0.1) is 5.92 Å². The van der Waals surface area contributed by atoms with Crippen LogP contribution in [0.25, 0.3) is 0 Å². The van der Waals surface area contributed by atoms with Gasteiger partial charge in [0.2, 0.25) is 5.91 Å². The summed E-state index contributed by atoms with van der Waals surface area (Å²) in [4.78, 5) is 31.4. The number of hydrogen-bond acceptors (Lipinski definition) is 3. The first-order valence-electron chi connectivity index (χ1n) is 13.2. The van der Waals surface area contributed by atoms with E-state index in [0.717, 1.165) is 45.3 Å². The molecule has 2 aromatic rings. The summed E-state index contributed by atoms with van der Waals surface area (Å²) in [7, 11) is 0. The molecule has 5 nitrogen and oxygen atoms in total. The second-order valence-corrected chi connectivity index (χ2v) is 10.3. The number of amides is 2. The van der Waals surface area contributed by atoms with Gasteiger partial charge in [-0.2, -0.15) is 0 Å². The molecule has 5 heteroatoms. The van der Waals surface area contributed by atoms with E-state index < -0.39 is 0 Å². The van der Waals surface area contributed by atoms with Crippen LogP contribution in [0.4, 0.5) is 0 Å². The molecule has 0 aromatic heterocycles. The van der Waals surface area contributed by atoms with E-state index in [1.165, 1.54) is 36.8 Å². The van der Waals surface area contributed by atoms with Gasteiger partial charge >= 0.3 is 0 Å². The first-order chi connectivity index (χ1) is 16.7. The molecule has 2 saturated heterocycles. The lowest BCUT2D eigenvalue weighted by molar-refractivity contribution is -0.125. The van der Waals surface area contributed by atoms with Crippen molar-refractivity contribution in [1.29, 1.82) is 0 Å². The fraction of sp³-hybridized carbons (Fsp3) is 0.517. The Labute approximate surface area is 203 Å². The van der Waals surface area contributed by atoms with Gasteiger partial charge in [-0.25, -0.2) is 0 Å². The van der Waals surface area contributed by atoms with Gasteiger partial charge in [0.15, 0.2) is 0 Å². The third kappa shape index (κ3) is 5.05. The summed E-state index contributed by atoms with van der Waals surface area (Å²) in [5.74, 6) is 0.427. The van der Waals surface area contributed by atoms with Crippen LogP contribution in [-0.4, -0.2) is 46.8 Å². The Morgan fingerprint density at radius 1 is 0.824 bits per heavy atom. The highest BCUT2D eigenvalue weighted by Gasteiger charge is 2.47. The van der Waals surface area contributed by atoms with E-state index in [1.807, 2.05) is 35.2 Å². The Kier molecular flexibility index (Phi) is 7.29. The van der Waals surface area contributed by atoms with Crippen LogP contribution in [0.3, 0.4) is 0 Å². The number of fused-ring (bicyclic) bond motifs is 1. The number of carbonyl (C=O) groups is 2. The number of rotatable bonds is 6. The molecular formula is C29H37N3O2. The average Bonchev–Trinajstić information content (AvgIpc) is 3.28. The Morgan fingerprint density at radius 3 is 2.32 bits per heavy atom. The third-order valence-corrected chi connectivity index (χ3v) is 8.06. The zero-order valence-corrected chi connectivity index (χ0v) is 20.1. The molecule has 2 aliphatic heterocycles. The number of likely N-dealkylation sites (tertiary alicyclic amines) is 2. The SMILES string of the molecule is O=C(NCc1ccccc1CN1CCCCC1)C1CC2CCCCC2N1C(=O)c1ccccc1. The quantitative estimate of drug-likeness (QED) is 0.678. The molecular weight excluding hydrogens is 422 g/mol. The van der Waals surface area contributed by atoms with Gasteiger partial charge in [-0.3, -0.25) is 14.5 Å². The first kappa shape index (κ1) is 23.1. The summed E-state index contributed by atoms with van der Waals surface area (Å²) >= 11 is 0. The maximum atomic E-state index is 13.5. The monoisotopic (exact) mass is 459 g/mol. The van der Waals surface area contributed by atoms with Crippen molar-refractivity contribution < 1.29 is 9.59 Å². The maximum absolute atomic E-state index is 13.5. The number of nitrogens with one attached hydrogen (secondary N) is 1. The largest absolute Gasteiger partial charge is 0.350 e. The fourth-order valence-electron chi connectivity index (χ4n) is 6.26. The van der Waals surface area contributed by atoms with Crippen molar-refractivity contribution >= 4 is 11.8 Å². The third-order valence-electron chi connectivity index (χ3n) is 8.06. The molecule has 3 fully saturated rings. The standard InChI is InChI=1S/C29H37N3O2/c33-28(30-20-24-14-5-6-15-25(24)21-31-17-9-2-10-18-31)27-19-23-13-7-8-16-26(23)32(27)29(34)22-11-3-1-4-12-22/h1,3-6,11-12,14-15,23,26-27H,2,7-10,13,16-21H2,(H,30,33). The average molecular weight is 460 g/mol. The highest BCUT2D eigenvalue weighted by molar-refractivity contribution is 5.98. The lowest BCUT2D eigenvalue weighted by Gasteiger charge is -2.33.